The van der Waals surface area contributed by atoms with Gasteiger partial charge in [0.2, 0.25) is 11.0 Å². The zero-order chi connectivity index (χ0) is 14.8. The van der Waals surface area contributed by atoms with E-state index in [4.69, 9.17) is 0 Å². The Morgan fingerprint density at radius 1 is 1.33 bits per heavy atom. The summed E-state index contributed by atoms with van der Waals surface area (Å²) in [6, 6.07) is 2.03. The van der Waals surface area contributed by atoms with E-state index < -0.39 is 0 Å². The Morgan fingerprint density at radius 3 is 2.86 bits per heavy atom. The minimum Gasteiger partial charge on any atom is -0.300 e. The highest BCUT2D eigenvalue weighted by atomic mass is 79.9. The number of hydrogen-bond donors (Lipinski definition) is 1. The van der Waals surface area contributed by atoms with Gasteiger partial charge in [-0.15, -0.1) is 32.9 Å². The fraction of sp³-hybridized carbons (Fsp3) is 0.167. The highest BCUT2D eigenvalue weighted by molar-refractivity contribution is 9.10. The average Bonchev–Trinajstić information content (AvgIpc) is 3.12. The summed E-state index contributed by atoms with van der Waals surface area (Å²) < 4.78 is 1.05. The minimum atomic E-state index is -0.129. The van der Waals surface area contributed by atoms with E-state index in [-0.39, 0.29) is 12.3 Å². The van der Waals surface area contributed by atoms with Gasteiger partial charge in [-0.25, -0.2) is 4.98 Å². The molecule has 5 nitrogen and oxygen atoms in total. The van der Waals surface area contributed by atoms with Gasteiger partial charge in [-0.3, -0.25) is 4.79 Å². The number of anilines is 1. The Hall–Kier alpha value is -1.16. The lowest BCUT2D eigenvalue weighted by Gasteiger charge is -1.97. The number of aromatic nitrogens is 3. The van der Waals surface area contributed by atoms with Crippen LogP contribution in [-0.4, -0.2) is 21.1 Å². The van der Waals surface area contributed by atoms with Crippen molar-refractivity contribution in [3.63, 3.8) is 0 Å². The van der Waals surface area contributed by atoms with Crippen LogP contribution in [0.3, 0.4) is 0 Å². The summed E-state index contributed by atoms with van der Waals surface area (Å²) in [5.74, 6) is -0.129. The molecule has 9 heteroatoms. The normalized spacial score (nSPS) is 10.8. The van der Waals surface area contributed by atoms with E-state index in [1.165, 1.54) is 11.3 Å². The van der Waals surface area contributed by atoms with Crippen LogP contribution in [0.5, 0.6) is 0 Å². The number of thiophene rings is 1. The van der Waals surface area contributed by atoms with Crippen molar-refractivity contribution >= 4 is 61.0 Å². The third kappa shape index (κ3) is 3.73. The molecule has 0 aromatic carbocycles. The third-order valence-electron chi connectivity index (χ3n) is 2.44. The Labute approximate surface area is 141 Å². The summed E-state index contributed by atoms with van der Waals surface area (Å²) in [6.07, 6.45) is 0.238. The molecule has 0 radical (unpaired) electrons. The highest BCUT2D eigenvalue weighted by Gasteiger charge is 2.12. The van der Waals surface area contributed by atoms with Crippen LogP contribution in [0.4, 0.5) is 5.13 Å². The molecule has 1 amide bonds. The van der Waals surface area contributed by atoms with Gasteiger partial charge in [0, 0.05) is 15.2 Å². The van der Waals surface area contributed by atoms with Crippen LogP contribution in [0, 0.1) is 6.92 Å². The number of nitrogens with one attached hydrogen (secondary N) is 1. The Morgan fingerprint density at radius 2 is 2.19 bits per heavy atom. The van der Waals surface area contributed by atoms with Crippen LogP contribution in [0.25, 0.3) is 9.88 Å². The van der Waals surface area contributed by atoms with E-state index in [2.05, 4.69) is 36.4 Å². The lowest BCUT2D eigenvalue weighted by molar-refractivity contribution is -0.115. The fourth-order valence-corrected chi connectivity index (χ4v) is 4.54. The van der Waals surface area contributed by atoms with Crippen molar-refractivity contribution in [2.45, 2.75) is 13.3 Å². The molecule has 3 heterocycles. The molecule has 0 fully saturated rings. The van der Waals surface area contributed by atoms with Crippen LogP contribution in [0.2, 0.25) is 0 Å². The largest absolute Gasteiger partial charge is 0.300 e. The Kier molecular flexibility index (Phi) is 4.43. The van der Waals surface area contributed by atoms with Crippen LogP contribution >= 0.6 is 49.9 Å². The predicted octanol–water partition coefficient (Wildman–Crippen LogP) is 3.98. The molecule has 0 aliphatic carbocycles. The summed E-state index contributed by atoms with van der Waals surface area (Å²) in [5.41, 5.74) is 0.762. The number of carbonyl (C=O) groups is 1. The van der Waals surface area contributed by atoms with Crippen molar-refractivity contribution in [3.8, 4) is 9.88 Å². The summed E-state index contributed by atoms with van der Waals surface area (Å²) in [5, 5.41) is 16.7. The monoisotopic (exact) mass is 400 g/mol. The van der Waals surface area contributed by atoms with Gasteiger partial charge in [0.15, 0.2) is 0 Å². The fourth-order valence-electron chi connectivity index (χ4n) is 1.60. The molecular formula is C12H9BrN4OS3. The maximum absolute atomic E-state index is 11.9. The maximum atomic E-state index is 11.9. The standard InChI is InChI=1S/C12H9BrN4OS3/c1-6-16-17-12(21-6)15-10(18)3-8-5-20-11(14-8)9-2-7(13)4-19-9/h2,4-5H,3H2,1H3,(H,15,17,18). The molecule has 0 saturated heterocycles. The van der Waals surface area contributed by atoms with Crippen molar-refractivity contribution < 1.29 is 4.79 Å². The van der Waals surface area contributed by atoms with Crippen molar-refractivity contribution in [3.05, 3.63) is 32.0 Å². The van der Waals surface area contributed by atoms with Crippen LogP contribution in [0.1, 0.15) is 10.7 Å². The van der Waals surface area contributed by atoms with Gasteiger partial charge < -0.3 is 5.32 Å². The lowest BCUT2D eigenvalue weighted by Crippen LogP contribution is -2.14. The topological polar surface area (TPSA) is 67.8 Å². The van der Waals surface area contributed by atoms with Gasteiger partial charge in [0.25, 0.3) is 0 Å². The average molecular weight is 401 g/mol. The first-order valence-electron chi connectivity index (χ1n) is 5.89. The second kappa shape index (κ2) is 6.30. The van der Waals surface area contributed by atoms with Crippen LogP contribution in [0.15, 0.2) is 21.3 Å². The molecule has 0 bridgehead atoms. The van der Waals surface area contributed by atoms with Crippen LogP contribution < -0.4 is 5.32 Å². The molecule has 0 unspecified atom stereocenters. The second-order valence-corrected chi connectivity index (χ2v) is 7.99. The molecule has 3 aromatic rings. The SMILES string of the molecule is Cc1nnc(NC(=O)Cc2csc(-c3cc(Br)cs3)n2)s1. The van der Waals surface area contributed by atoms with Gasteiger partial charge in [-0.2, -0.15) is 0 Å². The van der Waals surface area contributed by atoms with Crippen molar-refractivity contribution in [2.24, 2.45) is 0 Å². The minimum absolute atomic E-state index is 0.129. The van der Waals surface area contributed by atoms with Gasteiger partial charge >= 0.3 is 0 Å². The molecule has 0 atom stereocenters. The molecule has 3 aromatic heterocycles. The molecule has 0 spiro atoms. The quantitative estimate of drug-likeness (QED) is 0.718. The van der Waals surface area contributed by atoms with E-state index in [1.807, 2.05) is 23.8 Å². The van der Waals surface area contributed by atoms with E-state index in [1.54, 1.807) is 22.7 Å². The second-order valence-electron chi connectivity index (χ2n) is 4.12. The number of carbonyl (C=O) groups excluding carboxylic acids is 1. The molecule has 3 rings (SSSR count). The summed E-state index contributed by atoms with van der Waals surface area (Å²) in [4.78, 5) is 17.5. The molecule has 21 heavy (non-hydrogen) atoms. The first-order valence-corrected chi connectivity index (χ1v) is 9.26. The number of halogens is 1. The van der Waals surface area contributed by atoms with Gasteiger partial charge in [0.1, 0.15) is 10.0 Å². The number of nitrogens with zero attached hydrogens (tertiary/aromatic N) is 3. The Bertz CT molecular complexity index is 779. The molecule has 0 saturated carbocycles. The van der Waals surface area contributed by atoms with Crippen molar-refractivity contribution in [1.82, 2.24) is 15.2 Å². The third-order valence-corrected chi connectivity index (χ3v) is 5.95. The van der Waals surface area contributed by atoms with Gasteiger partial charge in [0.05, 0.1) is 17.0 Å². The number of thiazole rings is 1. The zero-order valence-electron chi connectivity index (χ0n) is 10.8. The zero-order valence-corrected chi connectivity index (χ0v) is 14.8. The van der Waals surface area contributed by atoms with Crippen molar-refractivity contribution in [1.29, 1.82) is 0 Å². The van der Waals surface area contributed by atoms with E-state index in [9.17, 15) is 4.79 Å². The molecule has 0 aliphatic heterocycles. The molecule has 0 aliphatic rings. The summed E-state index contributed by atoms with van der Waals surface area (Å²) in [7, 11) is 0. The number of hydrogen-bond acceptors (Lipinski definition) is 7. The predicted molar refractivity (Wildman–Crippen MR) is 90.1 cm³/mol. The smallest absolute Gasteiger partial charge is 0.232 e. The number of amides is 1. The van der Waals surface area contributed by atoms with Crippen molar-refractivity contribution in [2.75, 3.05) is 5.32 Å². The van der Waals surface area contributed by atoms with Gasteiger partial charge in [-0.1, -0.05) is 11.3 Å². The molecular weight excluding hydrogens is 392 g/mol. The Balaban J connectivity index is 1.65. The lowest BCUT2D eigenvalue weighted by atomic mass is 10.3. The number of aryl methyl sites for hydroxylation is 1. The van der Waals surface area contributed by atoms with E-state index in [0.717, 1.165) is 25.1 Å². The summed E-state index contributed by atoms with van der Waals surface area (Å²) in [6.45, 7) is 1.85. The van der Waals surface area contributed by atoms with E-state index >= 15 is 0 Å². The van der Waals surface area contributed by atoms with Crippen LogP contribution in [-0.2, 0) is 11.2 Å². The first kappa shape index (κ1) is 14.8. The number of rotatable bonds is 4. The maximum Gasteiger partial charge on any atom is 0.232 e. The first-order chi connectivity index (χ1) is 10.1. The molecule has 108 valence electrons. The van der Waals surface area contributed by atoms with E-state index in [0.29, 0.717) is 5.13 Å². The molecule has 1 N–H and O–H groups in total. The van der Waals surface area contributed by atoms with Gasteiger partial charge in [-0.05, 0) is 28.9 Å². The summed E-state index contributed by atoms with van der Waals surface area (Å²) >= 11 is 7.95. The highest BCUT2D eigenvalue weighted by Crippen LogP contribution is 2.32.